The van der Waals surface area contributed by atoms with Crippen molar-refractivity contribution >= 4 is 60.9 Å². The first-order valence-corrected chi connectivity index (χ1v) is 18.6. The zero-order valence-electron chi connectivity index (χ0n) is 30.0. The lowest BCUT2D eigenvalue weighted by Crippen LogP contribution is -2.16. The van der Waals surface area contributed by atoms with E-state index < -0.39 is 0 Å². The van der Waals surface area contributed by atoms with E-state index in [1.807, 2.05) is 12.1 Å². The first-order valence-electron chi connectivity index (χ1n) is 18.6. The van der Waals surface area contributed by atoms with E-state index >= 15 is 0 Å². The van der Waals surface area contributed by atoms with Crippen LogP contribution in [0.4, 0.5) is 17.1 Å². The maximum absolute atomic E-state index is 6.98. The van der Waals surface area contributed by atoms with Gasteiger partial charge >= 0.3 is 0 Å². The van der Waals surface area contributed by atoms with E-state index in [2.05, 4.69) is 183 Å². The van der Waals surface area contributed by atoms with Gasteiger partial charge in [-0.15, -0.1) is 0 Å². The molecule has 0 saturated heterocycles. The Morgan fingerprint density at radius 3 is 1.89 bits per heavy atom. The van der Waals surface area contributed by atoms with Gasteiger partial charge in [0.25, 0.3) is 0 Å². The fraction of sp³-hybridized carbons (Fsp3) is 0.0588. The summed E-state index contributed by atoms with van der Waals surface area (Å²) >= 11 is 0. The minimum atomic E-state index is -0.142. The van der Waals surface area contributed by atoms with Crippen molar-refractivity contribution in [1.82, 2.24) is 0 Å². The molecule has 8 aromatic carbocycles. The van der Waals surface area contributed by atoms with Crippen LogP contribution in [-0.4, -0.2) is 0 Å². The highest BCUT2D eigenvalue weighted by Crippen LogP contribution is 2.52. The summed E-state index contributed by atoms with van der Waals surface area (Å²) in [7, 11) is 0. The third-order valence-corrected chi connectivity index (χ3v) is 11.5. The summed E-state index contributed by atoms with van der Waals surface area (Å²) in [4.78, 5) is 2.40. The molecule has 3 nitrogen and oxygen atoms in total. The lowest BCUT2D eigenvalue weighted by atomic mass is 9.82. The molecule has 256 valence electrons. The highest BCUT2D eigenvalue weighted by atomic mass is 16.3. The molecule has 1 aliphatic carbocycles. The Balaban J connectivity index is 1.20. The van der Waals surface area contributed by atoms with Gasteiger partial charge in [-0.1, -0.05) is 141 Å². The van der Waals surface area contributed by atoms with Crippen LogP contribution < -0.4 is 4.90 Å². The van der Waals surface area contributed by atoms with E-state index in [0.29, 0.717) is 0 Å². The summed E-state index contributed by atoms with van der Waals surface area (Å²) in [5.41, 5.74) is 16.3. The largest absolute Gasteiger partial charge is 0.456 e. The third-order valence-electron chi connectivity index (χ3n) is 11.5. The molecule has 1 aliphatic rings. The van der Waals surface area contributed by atoms with Crippen molar-refractivity contribution in [3.05, 3.63) is 187 Å². The Bertz CT molecular complexity index is 3060. The number of rotatable bonds is 5. The molecule has 2 heterocycles. The van der Waals surface area contributed by atoms with E-state index in [4.69, 9.17) is 8.83 Å². The van der Waals surface area contributed by atoms with Gasteiger partial charge in [-0.05, 0) is 87.5 Å². The van der Waals surface area contributed by atoms with E-state index in [-0.39, 0.29) is 5.41 Å². The second kappa shape index (κ2) is 11.6. The topological polar surface area (TPSA) is 29.5 Å². The molecular weight excluding hydrogens is 659 g/mol. The van der Waals surface area contributed by atoms with Crippen molar-refractivity contribution in [3.63, 3.8) is 0 Å². The number of furan rings is 2. The van der Waals surface area contributed by atoms with Gasteiger partial charge in [0.2, 0.25) is 0 Å². The van der Waals surface area contributed by atoms with Gasteiger partial charge in [-0.2, -0.15) is 0 Å². The first-order chi connectivity index (χ1) is 26.5. The molecule has 0 bridgehead atoms. The molecule has 2 aromatic heterocycles. The molecule has 11 rings (SSSR count). The maximum Gasteiger partial charge on any atom is 0.144 e. The van der Waals surface area contributed by atoms with Crippen molar-refractivity contribution in [2.45, 2.75) is 19.3 Å². The molecule has 54 heavy (non-hydrogen) atoms. The molecule has 0 N–H and O–H groups in total. The van der Waals surface area contributed by atoms with Crippen LogP contribution in [0.5, 0.6) is 0 Å². The molecule has 0 saturated carbocycles. The Labute approximate surface area is 313 Å². The molecule has 3 heteroatoms. The van der Waals surface area contributed by atoms with E-state index in [1.54, 1.807) is 0 Å². The number of nitrogens with zero attached hydrogens (tertiary/aromatic N) is 1. The molecule has 0 radical (unpaired) electrons. The molecule has 0 fully saturated rings. The SMILES string of the molecule is CC1(C)c2ccccc2-c2ccc(N(c3ccc(-c4ccccc4)cc3)c3cccc4oc5c(-c6ccccc6)c6c(cc5c34)oc3ccccc36)cc21. The number of fused-ring (bicyclic) bond motifs is 9. The van der Waals surface area contributed by atoms with Crippen LogP contribution in [0.15, 0.2) is 185 Å². The van der Waals surface area contributed by atoms with Gasteiger partial charge < -0.3 is 13.7 Å². The quantitative estimate of drug-likeness (QED) is 0.180. The molecule has 10 aromatic rings. The molecular formula is C51H35NO2. The van der Waals surface area contributed by atoms with Crippen LogP contribution in [0.1, 0.15) is 25.0 Å². The van der Waals surface area contributed by atoms with Crippen molar-refractivity contribution in [2.24, 2.45) is 0 Å². The van der Waals surface area contributed by atoms with Crippen LogP contribution in [0.25, 0.3) is 77.3 Å². The van der Waals surface area contributed by atoms with Crippen LogP contribution in [-0.2, 0) is 5.41 Å². The minimum Gasteiger partial charge on any atom is -0.456 e. The lowest BCUT2D eigenvalue weighted by molar-refractivity contribution is 0.660. The lowest BCUT2D eigenvalue weighted by Gasteiger charge is -2.28. The van der Waals surface area contributed by atoms with Crippen molar-refractivity contribution in [2.75, 3.05) is 4.90 Å². The van der Waals surface area contributed by atoms with Crippen LogP contribution in [0.2, 0.25) is 0 Å². The summed E-state index contributed by atoms with van der Waals surface area (Å²) < 4.78 is 13.6. The molecule has 0 amide bonds. The van der Waals surface area contributed by atoms with Gasteiger partial charge in [-0.25, -0.2) is 0 Å². The number of anilines is 3. The number of hydrogen-bond acceptors (Lipinski definition) is 3. The number of para-hydroxylation sites is 1. The Morgan fingerprint density at radius 1 is 0.426 bits per heavy atom. The maximum atomic E-state index is 6.98. The first kappa shape index (κ1) is 30.8. The van der Waals surface area contributed by atoms with Crippen molar-refractivity contribution in [1.29, 1.82) is 0 Å². The van der Waals surface area contributed by atoms with Crippen molar-refractivity contribution < 1.29 is 8.83 Å². The van der Waals surface area contributed by atoms with E-state index in [0.717, 1.165) is 72.1 Å². The third kappa shape index (κ3) is 4.48. The zero-order chi connectivity index (χ0) is 36.0. The van der Waals surface area contributed by atoms with Gasteiger partial charge in [0.1, 0.15) is 22.3 Å². The standard InChI is InChI=1S/C51H35NO2/c1-51(2)41-20-11-9-18-37(41)38-29-28-36(30-42(38)51)52(35-26-24-33(25-27-35)32-14-5-3-6-15-32)43-21-13-23-45-48(43)40-31-46-49(39-19-10-12-22-44(39)53-46)47(50(40)54-45)34-16-7-4-8-17-34/h3-31H,1-2H3. The van der Waals surface area contributed by atoms with Gasteiger partial charge in [0.05, 0.1) is 11.1 Å². The molecule has 0 aliphatic heterocycles. The average molecular weight is 694 g/mol. The van der Waals surface area contributed by atoms with Crippen LogP contribution in [0, 0.1) is 0 Å². The highest BCUT2D eigenvalue weighted by Gasteiger charge is 2.36. The van der Waals surface area contributed by atoms with Crippen LogP contribution in [0.3, 0.4) is 0 Å². The monoisotopic (exact) mass is 693 g/mol. The van der Waals surface area contributed by atoms with Gasteiger partial charge in [-0.3, -0.25) is 0 Å². The van der Waals surface area contributed by atoms with E-state index in [9.17, 15) is 0 Å². The fourth-order valence-corrected chi connectivity index (χ4v) is 8.90. The number of benzene rings is 8. The second-order valence-electron chi connectivity index (χ2n) is 14.9. The second-order valence-corrected chi connectivity index (χ2v) is 14.9. The molecule has 0 unspecified atom stereocenters. The predicted molar refractivity (Wildman–Crippen MR) is 224 cm³/mol. The van der Waals surface area contributed by atoms with E-state index in [1.165, 1.54) is 33.4 Å². The fourth-order valence-electron chi connectivity index (χ4n) is 8.90. The normalized spacial score (nSPS) is 13.1. The summed E-state index contributed by atoms with van der Waals surface area (Å²) in [5.74, 6) is 0. The van der Waals surface area contributed by atoms with Gasteiger partial charge in [0.15, 0.2) is 0 Å². The molecule has 0 atom stereocenters. The summed E-state index contributed by atoms with van der Waals surface area (Å²) in [6.07, 6.45) is 0. The smallest absolute Gasteiger partial charge is 0.144 e. The summed E-state index contributed by atoms with van der Waals surface area (Å²) in [5, 5.41) is 4.21. The zero-order valence-corrected chi connectivity index (χ0v) is 30.0. The summed E-state index contributed by atoms with van der Waals surface area (Å²) in [6.45, 7) is 4.68. The summed E-state index contributed by atoms with van der Waals surface area (Å²) in [6, 6.07) is 62.8. The highest BCUT2D eigenvalue weighted by molar-refractivity contribution is 6.25. The molecule has 0 spiro atoms. The minimum absolute atomic E-state index is 0.142. The van der Waals surface area contributed by atoms with Gasteiger partial charge in [0, 0.05) is 38.5 Å². The van der Waals surface area contributed by atoms with Crippen molar-refractivity contribution in [3.8, 4) is 33.4 Å². The Kier molecular flexibility index (Phi) is 6.60. The number of hydrogen-bond donors (Lipinski definition) is 0. The predicted octanol–water partition coefficient (Wildman–Crippen LogP) is 14.6. The average Bonchev–Trinajstić information content (AvgIpc) is 3.86. The Hall–Kier alpha value is -6.84. The Morgan fingerprint density at radius 2 is 1.07 bits per heavy atom. The van der Waals surface area contributed by atoms with Crippen LogP contribution >= 0.6 is 0 Å².